The Hall–Kier alpha value is -1.10. The van der Waals surface area contributed by atoms with Crippen molar-refractivity contribution < 1.29 is 9.90 Å². The molecule has 1 aromatic rings. The third-order valence-corrected chi connectivity index (χ3v) is 3.65. The summed E-state index contributed by atoms with van der Waals surface area (Å²) < 4.78 is 0. The number of benzene rings is 1. The molecule has 1 amide bonds. The summed E-state index contributed by atoms with van der Waals surface area (Å²) in [6.45, 7) is 1.47. The van der Waals surface area contributed by atoms with Gasteiger partial charge in [-0.1, -0.05) is 30.3 Å². The zero-order valence-electron chi connectivity index (χ0n) is 10.9. The van der Waals surface area contributed by atoms with Gasteiger partial charge in [0.05, 0.1) is 12.6 Å². The lowest BCUT2D eigenvalue weighted by atomic mass is 9.87. The number of carbonyl (C=O) groups excluding carboxylic acids is 1. The zero-order chi connectivity index (χ0) is 13.0. The van der Waals surface area contributed by atoms with Crippen molar-refractivity contribution in [3.05, 3.63) is 35.9 Å². The Bertz CT molecular complexity index is 392. The molecule has 0 aliphatic carbocycles. The van der Waals surface area contributed by atoms with Gasteiger partial charge >= 0.3 is 0 Å². The molecule has 5 heteroatoms. The summed E-state index contributed by atoms with van der Waals surface area (Å²) in [6, 6.07) is 9.71. The molecule has 0 spiro atoms. The Kier molecular flexibility index (Phi) is 6.28. The van der Waals surface area contributed by atoms with E-state index in [1.807, 2.05) is 30.3 Å². The van der Waals surface area contributed by atoms with Gasteiger partial charge in [-0.05, 0) is 24.3 Å². The minimum absolute atomic E-state index is 0. The number of nitrogens with zero attached hydrogens (tertiary/aromatic N) is 1. The van der Waals surface area contributed by atoms with Crippen LogP contribution in [0.4, 0.5) is 0 Å². The molecule has 0 bridgehead atoms. The Morgan fingerprint density at radius 3 is 2.42 bits per heavy atom. The first-order valence-corrected chi connectivity index (χ1v) is 6.43. The highest BCUT2D eigenvalue weighted by Crippen LogP contribution is 2.30. The predicted molar refractivity (Wildman–Crippen MR) is 77.0 cm³/mol. The van der Waals surface area contributed by atoms with E-state index >= 15 is 0 Å². The Morgan fingerprint density at radius 2 is 1.89 bits per heavy atom. The molecular weight excluding hydrogens is 264 g/mol. The smallest absolute Gasteiger partial charge is 0.236 e. The van der Waals surface area contributed by atoms with Gasteiger partial charge in [0.2, 0.25) is 5.91 Å². The molecule has 1 aliphatic rings. The van der Waals surface area contributed by atoms with Crippen LogP contribution >= 0.6 is 12.4 Å². The van der Waals surface area contributed by atoms with Crippen LogP contribution < -0.4 is 5.73 Å². The van der Waals surface area contributed by atoms with Gasteiger partial charge in [-0.25, -0.2) is 0 Å². The van der Waals surface area contributed by atoms with Crippen molar-refractivity contribution in [2.24, 2.45) is 11.7 Å². The first-order chi connectivity index (χ1) is 8.72. The van der Waals surface area contributed by atoms with Gasteiger partial charge < -0.3 is 15.7 Å². The number of hydrogen-bond donors (Lipinski definition) is 2. The Morgan fingerprint density at radius 1 is 1.32 bits per heavy atom. The highest BCUT2D eigenvalue weighted by Gasteiger charge is 2.27. The molecule has 1 heterocycles. The van der Waals surface area contributed by atoms with Crippen LogP contribution in [0.25, 0.3) is 0 Å². The van der Waals surface area contributed by atoms with Crippen LogP contribution in [0.15, 0.2) is 30.3 Å². The quantitative estimate of drug-likeness (QED) is 0.880. The van der Waals surface area contributed by atoms with E-state index in [-0.39, 0.29) is 30.8 Å². The first kappa shape index (κ1) is 16.0. The standard InChI is InChI=1S/C14H20N2O2.ClH/c15-10-13(17)16-8-6-12(7-9-16)14(18)11-4-2-1-3-5-11;/h1-5,12,14,18H,6-10,15H2;1H. The van der Waals surface area contributed by atoms with Gasteiger partial charge in [0.1, 0.15) is 0 Å². The van der Waals surface area contributed by atoms with Gasteiger partial charge in [-0.15, -0.1) is 12.4 Å². The zero-order valence-corrected chi connectivity index (χ0v) is 11.7. The lowest BCUT2D eigenvalue weighted by Crippen LogP contribution is -2.42. The van der Waals surface area contributed by atoms with Crippen LogP contribution in [-0.2, 0) is 4.79 Å². The summed E-state index contributed by atoms with van der Waals surface area (Å²) >= 11 is 0. The van der Waals surface area contributed by atoms with Crippen molar-refractivity contribution in [2.45, 2.75) is 18.9 Å². The number of carbonyl (C=O) groups is 1. The van der Waals surface area contributed by atoms with Crippen LogP contribution in [0.2, 0.25) is 0 Å². The molecule has 3 N–H and O–H groups in total. The van der Waals surface area contributed by atoms with E-state index in [9.17, 15) is 9.90 Å². The van der Waals surface area contributed by atoms with Crippen molar-refractivity contribution in [1.82, 2.24) is 4.90 Å². The first-order valence-electron chi connectivity index (χ1n) is 6.43. The second-order valence-corrected chi connectivity index (χ2v) is 4.78. The van der Waals surface area contributed by atoms with E-state index in [1.165, 1.54) is 0 Å². The fourth-order valence-corrected chi connectivity index (χ4v) is 2.52. The van der Waals surface area contributed by atoms with E-state index < -0.39 is 6.10 Å². The van der Waals surface area contributed by atoms with Gasteiger partial charge in [-0.2, -0.15) is 0 Å². The highest BCUT2D eigenvalue weighted by molar-refractivity contribution is 5.85. The maximum atomic E-state index is 11.5. The summed E-state index contributed by atoms with van der Waals surface area (Å²) in [5.41, 5.74) is 6.31. The van der Waals surface area contributed by atoms with E-state index in [4.69, 9.17) is 5.73 Å². The fourth-order valence-electron chi connectivity index (χ4n) is 2.52. The van der Waals surface area contributed by atoms with Crippen molar-refractivity contribution in [2.75, 3.05) is 19.6 Å². The Labute approximate surface area is 120 Å². The third kappa shape index (κ3) is 3.93. The molecule has 2 rings (SSSR count). The maximum absolute atomic E-state index is 11.5. The molecule has 4 nitrogen and oxygen atoms in total. The maximum Gasteiger partial charge on any atom is 0.236 e. The number of amides is 1. The lowest BCUT2D eigenvalue weighted by molar-refractivity contribution is -0.131. The molecule has 0 saturated carbocycles. The molecule has 1 fully saturated rings. The molecule has 106 valence electrons. The number of rotatable bonds is 3. The molecular formula is C14H21ClN2O2. The van der Waals surface area contributed by atoms with Gasteiger partial charge in [0, 0.05) is 13.1 Å². The van der Waals surface area contributed by atoms with Crippen LogP contribution in [0.3, 0.4) is 0 Å². The molecule has 0 aromatic heterocycles. The average Bonchev–Trinajstić information content (AvgIpc) is 2.47. The second-order valence-electron chi connectivity index (χ2n) is 4.78. The number of halogens is 1. The average molecular weight is 285 g/mol. The van der Waals surface area contributed by atoms with Crippen molar-refractivity contribution in [1.29, 1.82) is 0 Å². The molecule has 1 saturated heterocycles. The normalized spacial score (nSPS) is 17.7. The number of piperidine rings is 1. The largest absolute Gasteiger partial charge is 0.388 e. The highest BCUT2D eigenvalue weighted by atomic mass is 35.5. The molecule has 19 heavy (non-hydrogen) atoms. The number of nitrogens with two attached hydrogens (primary N) is 1. The summed E-state index contributed by atoms with van der Waals surface area (Å²) in [5.74, 6) is 0.233. The molecule has 1 aliphatic heterocycles. The Balaban J connectivity index is 0.00000180. The van der Waals surface area contributed by atoms with Crippen LogP contribution in [0.5, 0.6) is 0 Å². The van der Waals surface area contributed by atoms with Crippen LogP contribution in [0.1, 0.15) is 24.5 Å². The number of aliphatic hydroxyl groups excluding tert-OH is 1. The van der Waals surface area contributed by atoms with Gasteiger partial charge in [0.25, 0.3) is 0 Å². The monoisotopic (exact) mass is 284 g/mol. The second kappa shape index (κ2) is 7.48. The predicted octanol–water partition coefficient (Wildman–Crippen LogP) is 1.34. The summed E-state index contributed by atoms with van der Waals surface area (Å²) in [6.07, 6.45) is 1.24. The fraction of sp³-hybridized carbons (Fsp3) is 0.500. The summed E-state index contributed by atoms with van der Waals surface area (Å²) in [4.78, 5) is 13.2. The van der Waals surface area contributed by atoms with E-state index in [1.54, 1.807) is 4.90 Å². The lowest BCUT2D eigenvalue weighted by Gasteiger charge is -2.34. The van der Waals surface area contributed by atoms with Crippen molar-refractivity contribution in [3.63, 3.8) is 0 Å². The third-order valence-electron chi connectivity index (χ3n) is 3.65. The number of hydrogen-bond acceptors (Lipinski definition) is 3. The summed E-state index contributed by atoms with van der Waals surface area (Å²) in [7, 11) is 0. The van der Waals surface area contributed by atoms with Crippen molar-refractivity contribution in [3.8, 4) is 0 Å². The topological polar surface area (TPSA) is 66.6 Å². The van der Waals surface area contributed by atoms with Gasteiger partial charge in [-0.3, -0.25) is 4.79 Å². The van der Waals surface area contributed by atoms with Crippen LogP contribution in [0, 0.1) is 5.92 Å². The number of likely N-dealkylation sites (tertiary alicyclic amines) is 1. The van der Waals surface area contributed by atoms with E-state index in [0.717, 1.165) is 18.4 Å². The van der Waals surface area contributed by atoms with E-state index in [0.29, 0.717) is 13.1 Å². The minimum Gasteiger partial charge on any atom is -0.388 e. The van der Waals surface area contributed by atoms with Crippen molar-refractivity contribution >= 4 is 18.3 Å². The summed E-state index contributed by atoms with van der Waals surface area (Å²) in [5, 5.41) is 10.3. The van der Waals surface area contributed by atoms with Crippen LogP contribution in [-0.4, -0.2) is 35.5 Å². The van der Waals surface area contributed by atoms with E-state index in [2.05, 4.69) is 0 Å². The molecule has 1 aromatic carbocycles. The van der Waals surface area contributed by atoms with Gasteiger partial charge in [0.15, 0.2) is 0 Å². The molecule has 1 unspecified atom stereocenters. The minimum atomic E-state index is -0.429. The molecule has 0 radical (unpaired) electrons. The number of aliphatic hydroxyl groups is 1. The molecule has 1 atom stereocenters. The SMILES string of the molecule is Cl.NCC(=O)N1CCC(C(O)c2ccccc2)CC1.